The molecule has 0 saturated heterocycles. The predicted molar refractivity (Wildman–Crippen MR) is 87.0 cm³/mol. The van der Waals surface area contributed by atoms with E-state index in [-0.39, 0.29) is 6.04 Å². The van der Waals surface area contributed by atoms with Crippen LogP contribution in [-0.4, -0.2) is 20.2 Å². The summed E-state index contributed by atoms with van der Waals surface area (Å²) in [6.07, 6.45) is 0.995. The molecule has 3 rings (SSSR count). The Morgan fingerprint density at radius 2 is 2.05 bits per heavy atom. The topological polar surface area (TPSA) is 38.5 Å². The molecule has 3 nitrogen and oxygen atoms in total. The number of aryl methyl sites for hydroxylation is 1. The van der Waals surface area contributed by atoms with Crippen LogP contribution in [0.5, 0.6) is 5.75 Å². The van der Waals surface area contributed by atoms with Gasteiger partial charge in [-0.15, -0.1) is 0 Å². The van der Waals surface area contributed by atoms with E-state index in [1.165, 1.54) is 22.4 Å². The summed E-state index contributed by atoms with van der Waals surface area (Å²) in [6, 6.07) is 15.1. The maximum atomic E-state index is 6.07. The van der Waals surface area contributed by atoms with Crippen LogP contribution in [0.2, 0.25) is 0 Å². The fraction of sp³-hybridized carbons (Fsp3) is 0.333. The molecular formula is C18H22N2O. The summed E-state index contributed by atoms with van der Waals surface area (Å²) in [4.78, 5) is 2.27. The van der Waals surface area contributed by atoms with Gasteiger partial charge in [0.25, 0.3) is 0 Å². The lowest BCUT2D eigenvalue weighted by Crippen LogP contribution is -2.30. The molecule has 110 valence electrons. The van der Waals surface area contributed by atoms with Crippen LogP contribution in [0.15, 0.2) is 42.5 Å². The summed E-state index contributed by atoms with van der Waals surface area (Å²) < 4.78 is 5.59. The Bertz CT molecular complexity index is 639. The number of rotatable bonds is 4. The van der Waals surface area contributed by atoms with Crippen molar-refractivity contribution in [2.45, 2.75) is 19.4 Å². The number of ether oxygens (including phenoxy) is 1. The van der Waals surface area contributed by atoms with Crippen LogP contribution >= 0.6 is 0 Å². The smallest absolute Gasteiger partial charge is 0.122 e. The molecule has 1 atom stereocenters. The Kier molecular flexibility index (Phi) is 3.84. The molecule has 0 saturated carbocycles. The molecule has 1 heterocycles. The Hall–Kier alpha value is -2.00. The van der Waals surface area contributed by atoms with Gasteiger partial charge in [-0.3, -0.25) is 0 Å². The van der Waals surface area contributed by atoms with E-state index in [0.29, 0.717) is 6.54 Å². The largest absolute Gasteiger partial charge is 0.493 e. The van der Waals surface area contributed by atoms with E-state index in [0.717, 1.165) is 18.8 Å². The third-order valence-corrected chi connectivity index (χ3v) is 4.28. The number of anilines is 1. The van der Waals surface area contributed by atoms with Crippen LogP contribution in [0.4, 0.5) is 5.69 Å². The van der Waals surface area contributed by atoms with Gasteiger partial charge in [0.15, 0.2) is 0 Å². The fourth-order valence-corrected chi connectivity index (χ4v) is 3.06. The van der Waals surface area contributed by atoms with Gasteiger partial charge in [-0.05, 0) is 41.8 Å². The number of nitrogens with two attached hydrogens (primary N) is 1. The molecule has 2 aromatic rings. The van der Waals surface area contributed by atoms with E-state index < -0.39 is 0 Å². The molecule has 1 aliphatic rings. The quantitative estimate of drug-likeness (QED) is 0.936. The summed E-state index contributed by atoms with van der Waals surface area (Å²) in [5.41, 5.74) is 11.1. The molecule has 3 heteroatoms. The van der Waals surface area contributed by atoms with Crippen molar-refractivity contribution in [2.75, 3.05) is 25.1 Å². The summed E-state index contributed by atoms with van der Waals surface area (Å²) in [7, 11) is 2.11. The highest BCUT2D eigenvalue weighted by Gasteiger charge is 2.20. The average Bonchev–Trinajstić information content (AvgIpc) is 2.96. The summed E-state index contributed by atoms with van der Waals surface area (Å²) in [5.74, 6) is 1.02. The maximum Gasteiger partial charge on any atom is 0.122 e. The first-order valence-corrected chi connectivity index (χ1v) is 7.45. The molecule has 0 bridgehead atoms. The SMILES string of the molecule is Cc1ccccc1N(C)C(CN)c1ccc2c(c1)CCO2. The first-order valence-electron chi connectivity index (χ1n) is 7.45. The minimum Gasteiger partial charge on any atom is -0.493 e. The van der Waals surface area contributed by atoms with Crippen molar-refractivity contribution in [1.29, 1.82) is 0 Å². The molecule has 2 N–H and O–H groups in total. The van der Waals surface area contributed by atoms with E-state index in [1.807, 2.05) is 0 Å². The monoisotopic (exact) mass is 282 g/mol. The zero-order valence-electron chi connectivity index (χ0n) is 12.7. The number of hydrogen-bond acceptors (Lipinski definition) is 3. The van der Waals surface area contributed by atoms with Crippen molar-refractivity contribution < 1.29 is 4.74 Å². The molecule has 1 unspecified atom stereocenters. The predicted octanol–water partition coefficient (Wildman–Crippen LogP) is 3.07. The first kappa shape index (κ1) is 14.0. The Balaban J connectivity index is 1.93. The van der Waals surface area contributed by atoms with Crippen molar-refractivity contribution in [3.63, 3.8) is 0 Å². The number of hydrogen-bond donors (Lipinski definition) is 1. The molecule has 0 radical (unpaired) electrons. The lowest BCUT2D eigenvalue weighted by Gasteiger charge is -2.31. The second kappa shape index (κ2) is 5.78. The second-order valence-electron chi connectivity index (χ2n) is 5.61. The van der Waals surface area contributed by atoms with Crippen LogP contribution in [-0.2, 0) is 6.42 Å². The summed E-state index contributed by atoms with van der Waals surface area (Å²) >= 11 is 0. The summed E-state index contributed by atoms with van der Waals surface area (Å²) in [5, 5.41) is 0. The van der Waals surface area contributed by atoms with Gasteiger partial charge in [-0.25, -0.2) is 0 Å². The van der Waals surface area contributed by atoms with E-state index in [1.54, 1.807) is 0 Å². The fourth-order valence-electron chi connectivity index (χ4n) is 3.06. The molecule has 2 aromatic carbocycles. The van der Waals surface area contributed by atoms with Crippen LogP contribution < -0.4 is 15.4 Å². The Morgan fingerprint density at radius 3 is 2.81 bits per heavy atom. The zero-order valence-corrected chi connectivity index (χ0v) is 12.7. The molecule has 1 aliphatic heterocycles. The number of para-hydroxylation sites is 1. The second-order valence-corrected chi connectivity index (χ2v) is 5.61. The molecule has 21 heavy (non-hydrogen) atoms. The van der Waals surface area contributed by atoms with Crippen LogP contribution in [0.1, 0.15) is 22.7 Å². The van der Waals surface area contributed by atoms with Gasteiger partial charge in [0, 0.05) is 25.7 Å². The van der Waals surface area contributed by atoms with Crippen molar-refractivity contribution in [3.05, 3.63) is 59.2 Å². The highest BCUT2D eigenvalue weighted by molar-refractivity contribution is 5.55. The molecule has 0 spiro atoms. The van der Waals surface area contributed by atoms with Gasteiger partial charge >= 0.3 is 0 Å². The minimum absolute atomic E-state index is 0.178. The molecule has 0 fully saturated rings. The van der Waals surface area contributed by atoms with Gasteiger partial charge in [-0.1, -0.05) is 24.3 Å². The minimum atomic E-state index is 0.178. The van der Waals surface area contributed by atoms with Crippen LogP contribution in [0.3, 0.4) is 0 Å². The third-order valence-electron chi connectivity index (χ3n) is 4.28. The zero-order chi connectivity index (χ0) is 14.8. The van der Waals surface area contributed by atoms with Crippen LogP contribution in [0.25, 0.3) is 0 Å². The molecule has 0 aliphatic carbocycles. The molecule has 0 amide bonds. The number of likely N-dealkylation sites (N-methyl/N-ethyl adjacent to an activating group) is 1. The normalized spacial score (nSPS) is 14.4. The van der Waals surface area contributed by atoms with Crippen LogP contribution in [0, 0.1) is 6.92 Å². The van der Waals surface area contributed by atoms with Gasteiger partial charge < -0.3 is 15.4 Å². The van der Waals surface area contributed by atoms with E-state index >= 15 is 0 Å². The van der Waals surface area contributed by atoms with E-state index in [4.69, 9.17) is 10.5 Å². The summed E-state index contributed by atoms with van der Waals surface area (Å²) in [6.45, 7) is 3.51. The molecular weight excluding hydrogens is 260 g/mol. The van der Waals surface area contributed by atoms with Crippen molar-refractivity contribution in [3.8, 4) is 5.75 Å². The van der Waals surface area contributed by atoms with Crippen molar-refractivity contribution in [2.24, 2.45) is 5.73 Å². The van der Waals surface area contributed by atoms with Gasteiger partial charge in [0.05, 0.1) is 12.6 Å². The highest BCUT2D eigenvalue weighted by atomic mass is 16.5. The number of fused-ring (bicyclic) bond motifs is 1. The number of benzene rings is 2. The molecule has 0 aromatic heterocycles. The van der Waals surface area contributed by atoms with Crippen molar-refractivity contribution in [1.82, 2.24) is 0 Å². The first-order chi connectivity index (χ1) is 10.2. The van der Waals surface area contributed by atoms with Gasteiger partial charge in [-0.2, -0.15) is 0 Å². The third kappa shape index (κ3) is 2.61. The standard InChI is InChI=1S/C18H22N2O/c1-13-5-3-4-6-16(13)20(2)17(12-19)14-7-8-18-15(11-14)9-10-21-18/h3-8,11,17H,9-10,12,19H2,1-2H3. The Labute approximate surface area is 126 Å². The average molecular weight is 282 g/mol. The lowest BCUT2D eigenvalue weighted by atomic mass is 10.0. The van der Waals surface area contributed by atoms with Crippen molar-refractivity contribution >= 4 is 5.69 Å². The van der Waals surface area contributed by atoms with E-state index in [2.05, 4.69) is 61.3 Å². The lowest BCUT2D eigenvalue weighted by molar-refractivity contribution is 0.357. The highest BCUT2D eigenvalue weighted by Crippen LogP contribution is 2.32. The maximum absolute atomic E-state index is 6.07. The van der Waals surface area contributed by atoms with Gasteiger partial charge in [0.2, 0.25) is 0 Å². The van der Waals surface area contributed by atoms with Gasteiger partial charge in [0.1, 0.15) is 5.75 Å². The number of nitrogens with zero attached hydrogens (tertiary/aromatic N) is 1. The Morgan fingerprint density at radius 1 is 1.24 bits per heavy atom. The van der Waals surface area contributed by atoms with E-state index in [9.17, 15) is 0 Å².